The number of carbonyl (C=O) groups excluding carboxylic acids is 1. The Morgan fingerprint density at radius 2 is 2.20 bits per heavy atom. The second-order valence-electron chi connectivity index (χ2n) is 5.58. The molecule has 8 nitrogen and oxygen atoms in total. The largest absolute Gasteiger partial charge is 0.453 e. The molecular weight excluding hydrogens is 344 g/mol. The molecule has 0 spiro atoms. The first kappa shape index (κ1) is 17.2. The first-order valence-electron chi connectivity index (χ1n) is 7.92. The average molecular weight is 362 g/mol. The Hall–Kier alpha value is -2.68. The van der Waals surface area contributed by atoms with Crippen molar-refractivity contribution in [3.05, 3.63) is 49.1 Å². The zero-order chi connectivity index (χ0) is 18.0. The normalized spacial score (nSPS) is 11.1. The van der Waals surface area contributed by atoms with Crippen LogP contribution in [-0.2, 0) is 24.9 Å². The Kier molecular flexibility index (Phi) is 4.84. The highest BCUT2D eigenvalue weighted by atomic mass is 32.1. The quantitative estimate of drug-likeness (QED) is 0.672. The number of H-pyrrole nitrogens is 1. The molecule has 0 saturated heterocycles. The molecule has 9 heteroatoms. The molecule has 0 radical (unpaired) electrons. The van der Waals surface area contributed by atoms with Gasteiger partial charge in [0.1, 0.15) is 17.3 Å². The van der Waals surface area contributed by atoms with Gasteiger partial charge in [0, 0.05) is 13.6 Å². The molecule has 0 bridgehead atoms. The molecule has 3 rings (SSSR count). The molecule has 0 aliphatic carbocycles. The van der Waals surface area contributed by atoms with E-state index in [0.29, 0.717) is 22.9 Å². The summed E-state index contributed by atoms with van der Waals surface area (Å²) in [5, 5.41) is 1.79. The number of hydrogen-bond acceptors (Lipinski definition) is 6. The van der Waals surface area contributed by atoms with Gasteiger partial charge < -0.3 is 9.30 Å². The van der Waals surface area contributed by atoms with Crippen molar-refractivity contribution in [1.82, 2.24) is 19.1 Å². The molecular formula is C16H18N4O4S. The number of unbranched alkanes of at least 4 members (excludes halogenated alkanes) is 1. The van der Waals surface area contributed by atoms with Gasteiger partial charge in [0.15, 0.2) is 11.2 Å². The van der Waals surface area contributed by atoms with Crippen LogP contribution in [0.15, 0.2) is 27.1 Å². The van der Waals surface area contributed by atoms with Gasteiger partial charge in [0.2, 0.25) is 0 Å². The second-order valence-corrected chi connectivity index (χ2v) is 6.52. The van der Waals surface area contributed by atoms with Crippen LogP contribution < -0.4 is 11.2 Å². The van der Waals surface area contributed by atoms with Crippen LogP contribution in [0.5, 0.6) is 0 Å². The number of carbonyl (C=O) groups is 1. The first-order chi connectivity index (χ1) is 12.0. The smallest absolute Gasteiger partial charge is 0.348 e. The number of aryl methyl sites for hydroxylation is 2. The fourth-order valence-electron chi connectivity index (χ4n) is 2.54. The summed E-state index contributed by atoms with van der Waals surface area (Å²) < 4.78 is 8.27. The van der Waals surface area contributed by atoms with E-state index in [4.69, 9.17) is 4.74 Å². The molecule has 3 heterocycles. The van der Waals surface area contributed by atoms with E-state index in [1.54, 1.807) is 29.1 Å². The van der Waals surface area contributed by atoms with E-state index in [1.807, 2.05) is 6.92 Å². The monoisotopic (exact) mass is 362 g/mol. The summed E-state index contributed by atoms with van der Waals surface area (Å²) in [6.07, 6.45) is 1.70. The van der Waals surface area contributed by atoms with Crippen LogP contribution in [-0.4, -0.2) is 25.1 Å². The van der Waals surface area contributed by atoms with E-state index in [2.05, 4.69) is 9.97 Å². The van der Waals surface area contributed by atoms with Crippen LogP contribution in [0.3, 0.4) is 0 Å². The highest BCUT2D eigenvalue weighted by molar-refractivity contribution is 7.11. The Morgan fingerprint density at radius 1 is 1.40 bits per heavy atom. The van der Waals surface area contributed by atoms with Crippen molar-refractivity contribution < 1.29 is 9.53 Å². The summed E-state index contributed by atoms with van der Waals surface area (Å²) in [6, 6.07) is 3.44. The maximum absolute atomic E-state index is 12.1. The summed E-state index contributed by atoms with van der Waals surface area (Å²) in [6.45, 7) is 2.40. The molecule has 0 aromatic carbocycles. The van der Waals surface area contributed by atoms with E-state index in [0.717, 1.165) is 12.8 Å². The van der Waals surface area contributed by atoms with Gasteiger partial charge in [-0.25, -0.2) is 14.6 Å². The average Bonchev–Trinajstić information content (AvgIpc) is 3.21. The molecule has 0 atom stereocenters. The molecule has 0 fully saturated rings. The number of rotatable bonds is 6. The highest BCUT2D eigenvalue weighted by Gasteiger charge is 2.18. The molecule has 0 aliphatic rings. The topological polar surface area (TPSA) is 99.0 Å². The summed E-state index contributed by atoms with van der Waals surface area (Å²) in [7, 11) is 1.66. The van der Waals surface area contributed by atoms with Crippen molar-refractivity contribution >= 4 is 28.5 Å². The van der Waals surface area contributed by atoms with Crippen LogP contribution in [0.1, 0.15) is 35.3 Å². The lowest BCUT2D eigenvalue weighted by Gasteiger charge is -2.04. The van der Waals surface area contributed by atoms with Crippen molar-refractivity contribution in [3.8, 4) is 0 Å². The minimum absolute atomic E-state index is 0.0800. The van der Waals surface area contributed by atoms with E-state index in [1.165, 1.54) is 15.9 Å². The third kappa shape index (κ3) is 3.27. The lowest BCUT2D eigenvalue weighted by Crippen LogP contribution is -2.31. The van der Waals surface area contributed by atoms with Gasteiger partial charge in [-0.05, 0) is 17.9 Å². The number of hydrogen-bond donors (Lipinski definition) is 1. The predicted octanol–water partition coefficient (Wildman–Crippen LogP) is 1.64. The van der Waals surface area contributed by atoms with Crippen molar-refractivity contribution in [3.63, 3.8) is 0 Å². The Labute approximate surface area is 146 Å². The first-order valence-corrected chi connectivity index (χ1v) is 8.80. The maximum atomic E-state index is 12.1. The number of nitrogens with zero attached hydrogens (tertiary/aromatic N) is 3. The van der Waals surface area contributed by atoms with Gasteiger partial charge in [0.25, 0.3) is 5.56 Å². The van der Waals surface area contributed by atoms with Crippen molar-refractivity contribution in [1.29, 1.82) is 0 Å². The number of ether oxygens (including phenoxy) is 1. The Bertz CT molecular complexity index is 1010. The number of thiophene rings is 1. The van der Waals surface area contributed by atoms with Crippen molar-refractivity contribution in [2.75, 3.05) is 0 Å². The van der Waals surface area contributed by atoms with Gasteiger partial charge in [0.05, 0.1) is 0 Å². The van der Waals surface area contributed by atoms with Gasteiger partial charge in [-0.15, -0.1) is 11.3 Å². The Balaban J connectivity index is 1.95. The minimum Gasteiger partial charge on any atom is -0.453 e. The number of nitrogens with one attached hydrogen (secondary N) is 1. The second kappa shape index (κ2) is 7.06. The number of esters is 1. The zero-order valence-electron chi connectivity index (χ0n) is 13.9. The molecule has 25 heavy (non-hydrogen) atoms. The van der Waals surface area contributed by atoms with E-state index in [9.17, 15) is 14.4 Å². The summed E-state index contributed by atoms with van der Waals surface area (Å²) in [4.78, 5) is 43.4. The minimum atomic E-state index is -0.501. The molecule has 0 unspecified atom stereocenters. The molecule has 0 aliphatic heterocycles. The molecule has 0 amide bonds. The third-order valence-electron chi connectivity index (χ3n) is 3.90. The van der Waals surface area contributed by atoms with Crippen LogP contribution in [0.25, 0.3) is 11.2 Å². The van der Waals surface area contributed by atoms with Crippen LogP contribution in [0.2, 0.25) is 0 Å². The van der Waals surface area contributed by atoms with Crippen molar-refractivity contribution in [2.24, 2.45) is 7.05 Å². The lowest BCUT2D eigenvalue weighted by molar-refractivity contribution is 0.0465. The van der Waals surface area contributed by atoms with Gasteiger partial charge in [-0.3, -0.25) is 14.3 Å². The number of aromatic amines is 1. The van der Waals surface area contributed by atoms with Gasteiger partial charge in [-0.2, -0.15) is 0 Å². The van der Waals surface area contributed by atoms with Crippen LogP contribution in [0, 0.1) is 0 Å². The van der Waals surface area contributed by atoms with E-state index >= 15 is 0 Å². The van der Waals surface area contributed by atoms with Crippen LogP contribution in [0.4, 0.5) is 0 Å². The van der Waals surface area contributed by atoms with E-state index in [-0.39, 0.29) is 12.1 Å². The SMILES string of the molecule is CCCCn1c(=O)[nH]c(=O)c2c1nc(COC(=O)c1cccs1)n2C. The predicted molar refractivity (Wildman–Crippen MR) is 93.9 cm³/mol. The third-order valence-corrected chi connectivity index (χ3v) is 4.75. The lowest BCUT2D eigenvalue weighted by atomic mass is 10.3. The Morgan fingerprint density at radius 3 is 2.88 bits per heavy atom. The highest BCUT2D eigenvalue weighted by Crippen LogP contribution is 2.14. The molecule has 0 saturated carbocycles. The zero-order valence-corrected chi connectivity index (χ0v) is 14.8. The van der Waals surface area contributed by atoms with Gasteiger partial charge in [-0.1, -0.05) is 19.4 Å². The van der Waals surface area contributed by atoms with E-state index < -0.39 is 17.2 Å². The summed E-state index contributed by atoms with van der Waals surface area (Å²) in [5.41, 5.74) is -0.380. The maximum Gasteiger partial charge on any atom is 0.348 e. The molecule has 1 N–H and O–H groups in total. The van der Waals surface area contributed by atoms with Gasteiger partial charge >= 0.3 is 11.7 Å². The van der Waals surface area contributed by atoms with Crippen LogP contribution >= 0.6 is 11.3 Å². The number of fused-ring (bicyclic) bond motifs is 1. The molecule has 132 valence electrons. The fraction of sp³-hybridized carbons (Fsp3) is 0.375. The number of imidazole rings is 1. The molecule has 3 aromatic heterocycles. The molecule has 3 aromatic rings. The summed E-state index contributed by atoms with van der Waals surface area (Å²) in [5.74, 6) is -0.0411. The summed E-state index contributed by atoms with van der Waals surface area (Å²) >= 11 is 1.29. The fourth-order valence-corrected chi connectivity index (χ4v) is 3.16. The van der Waals surface area contributed by atoms with Crippen molar-refractivity contribution in [2.45, 2.75) is 32.9 Å². The number of aromatic nitrogens is 4. The standard InChI is InChI=1S/C16H18N4O4S/c1-3-4-7-20-13-12(14(21)18-16(20)23)19(2)11(17-13)9-24-15(22)10-6-5-8-25-10/h5-6,8H,3-4,7,9H2,1-2H3,(H,18,21,23).